The second kappa shape index (κ2) is 4.84. The maximum absolute atomic E-state index is 14.3. The van der Waals surface area contributed by atoms with E-state index < -0.39 is 6.17 Å². The van der Waals surface area contributed by atoms with E-state index in [0.29, 0.717) is 6.54 Å². The predicted octanol–water partition coefficient (Wildman–Crippen LogP) is 2.00. The van der Waals surface area contributed by atoms with Gasteiger partial charge < -0.3 is 15.3 Å². The maximum atomic E-state index is 14.3. The number of piperidine rings is 1. The molecule has 2 unspecified atom stereocenters. The number of aromatic nitrogens is 1. The van der Waals surface area contributed by atoms with Gasteiger partial charge in [0.25, 0.3) is 0 Å². The molecule has 1 aromatic carbocycles. The van der Waals surface area contributed by atoms with Crippen LogP contribution >= 0.6 is 0 Å². The Morgan fingerprint density at radius 2 is 2.29 bits per heavy atom. The van der Waals surface area contributed by atoms with E-state index in [9.17, 15) is 9.50 Å². The molecule has 0 saturated carbocycles. The lowest BCUT2D eigenvalue weighted by Gasteiger charge is -2.41. The zero-order valence-electron chi connectivity index (χ0n) is 11.7. The third kappa shape index (κ3) is 1.95. The summed E-state index contributed by atoms with van der Waals surface area (Å²) in [6.45, 7) is 2.08. The molecule has 21 heavy (non-hydrogen) atoms. The number of rotatable bonds is 1. The Morgan fingerprint density at radius 1 is 1.38 bits per heavy atom. The molecule has 1 saturated heterocycles. The van der Waals surface area contributed by atoms with Crippen LogP contribution in [0, 0.1) is 0 Å². The van der Waals surface area contributed by atoms with Gasteiger partial charge in [0.05, 0.1) is 6.04 Å². The lowest BCUT2D eigenvalue weighted by molar-refractivity contribution is 0.223. The Balaban J connectivity index is 1.85. The summed E-state index contributed by atoms with van der Waals surface area (Å²) in [5.74, 6) is 0.0551. The van der Waals surface area contributed by atoms with E-state index in [1.54, 1.807) is 6.20 Å². The number of hydrogen-bond acceptors (Lipinski definition) is 4. The van der Waals surface area contributed by atoms with Gasteiger partial charge in [0.1, 0.15) is 6.17 Å². The molecule has 1 aromatic heterocycles. The average molecular weight is 287 g/mol. The molecule has 4 nitrogen and oxygen atoms in total. The highest BCUT2D eigenvalue weighted by Crippen LogP contribution is 2.38. The second-order valence-electron chi connectivity index (χ2n) is 5.83. The van der Waals surface area contributed by atoms with Gasteiger partial charge in [-0.2, -0.15) is 0 Å². The van der Waals surface area contributed by atoms with Gasteiger partial charge in [0.15, 0.2) is 0 Å². The third-order valence-electron chi connectivity index (χ3n) is 4.65. The first-order valence-corrected chi connectivity index (χ1v) is 7.46. The van der Waals surface area contributed by atoms with Gasteiger partial charge in [0.2, 0.25) is 5.88 Å². The molecule has 2 aliphatic rings. The van der Waals surface area contributed by atoms with Crippen molar-refractivity contribution < 1.29 is 9.50 Å². The van der Waals surface area contributed by atoms with Crippen LogP contribution in [0.1, 0.15) is 12.0 Å². The molecule has 0 spiro atoms. The average Bonchev–Trinajstić information content (AvgIpc) is 2.52. The van der Waals surface area contributed by atoms with Crippen LogP contribution in [0.2, 0.25) is 0 Å². The van der Waals surface area contributed by atoms with Crippen molar-refractivity contribution >= 4 is 16.5 Å². The van der Waals surface area contributed by atoms with Crippen LogP contribution in [0.3, 0.4) is 0 Å². The molecule has 110 valence electrons. The number of alkyl halides is 1. The molecule has 0 radical (unpaired) electrons. The molecular weight excluding hydrogens is 269 g/mol. The molecule has 0 bridgehead atoms. The summed E-state index contributed by atoms with van der Waals surface area (Å²) in [5.41, 5.74) is 2.17. The minimum Gasteiger partial charge on any atom is -0.493 e. The molecule has 5 heteroatoms. The number of pyridine rings is 1. The van der Waals surface area contributed by atoms with Gasteiger partial charge >= 0.3 is 0 Å². The fourth-order valence-electron chi connectivity index (χ4n) is 3.63. The molecule has 1 fully saturated rings. The number of aromatic hydroxyl groups is 1. The Labute approximate surface area is 122 Å². The van der Waals surface area contributed by atoms with Gasteiger partial charge in [-0.1, -0.05) is 6.07 Å². The van der Waals surface area contributed by atoms with Crippen molar-refractivity contribution in [2.75, 3.05) is 24.5 Å². The predicted molar refractivity (Wildman–Crippen MR) is 80.6 cm³/mol. The van der Waals surface area contributed by atoms with Crippen LogP contribution in [0.15, 0.2) is 24.4 Å². The molecule has 4 rings (SSSR count). The van der Waals surface area contributed by atoms with E-state index in [4.69, 9.17) is 0 Å². The summed E-state index contributed by atoms with van der Waals surface area (Å²) in [6.07, 6.45) is 2.54. The van der Waals surface area contributed by atoms with Crippen LogP contribution in [0.5, 0.6) is 5.88 Å². The minimum atomic E-state index is -0.856. The van der Waals surface area contributed by atoms with E-state index in [1.165, 1.54) is 0 Å². The highest BCUT2D eigenvalue weighted by molar-refractivity contribution is 6.00. The molecule has 2 N–H and O–H groups in total. The molecule has 3 heterocycles. The van der Waals surface area contributed by atoms with Gasteiger partial charge in [-0.3, -0.25) is 0 Å². The standard InChI is InChI=1S/C16H18FN3O/c17-12-9-18-6-4-13(12)20-7-5-10-8-19-16(21)11-2-1-3-14(20)15(10)11/h1-3,8,12-13,18H,4-7,9H2,(H,19,21). The van der Waals surface area contributed by atoms with Crippen molar-refractivity contribution in [3.05, 3.63) is 30.0 Å². The number of benzene rings is 1. The number of nitrogens with zero attached hydrogens (tertiary/aromatic N) is 2. The van der Waals surface area contributed by atoms with Gasteiger partial charge in [-0.25, -0.2) is 9.37 Å². The SMILES string of the molecule is Oc1ncc2c3c(cccc13)N(C1CCNCC1F)CC2. The summed E-state index contributed by atoms with van der Waals surface area (Å²) >= 11 is 0. The third-order valence-corrected chi connectivity index (χ3v) is 4.65. The van der Waals surface area contributed by atoms with Crippen LogP contribution in [-0.2, 0) is 6.42 Å². The lowest BCUT2D eigenvalue weighted by atomic mass is 9.94. The van der Waals surface area contributed by atoms with Crippen LogP contribution < -0.4 is 10.2 Å². The highest BCUT2D eigenvalue weighted by atomic mass is 19.1. The topological polar surface area (TPSA) is 48.4 Å². The molecular formula is C16H18FN3O. The minimum absolute atomic E-state index is 0.0551. The monoisotopic (exact) mass is 287 g/mol. The fourth-order valence-corrected chi connectivity index (χ4v) is 3.63. The normalized spacial score (nSPS) is 25.3. The van der Waals surface area contributed by atoms with E-state index >= 15 is 0 Å². The summed E-state index contributed by atoms with van der Waals surface area (Å²) in [5, 5.41) is 14.9. The van der Waals surface area contributed by atoms with Crippen LogP contribution in [-0.4, -0.2) is 41.9 Å². The van der Waals surface area contributed by atoms with Crippen molar-refractivity contribution in [3.63, 3.8) is 0 Å². The largest absolute Gasteiger partial charge is 0.493 e. The molecule has 2 aliphatic heterocycles. The first-order chi connectivity index (χ1) is 10.3. The van der Waals surface area contributed by atoms with Crippen LogP contribution in [0.4, 0.5) is 10.1 Å². The quantitative estimate of drug-likeness (QED) is 0.842. The van der Waals surface area contributed by atoms with E-state index in [0.717, 1.165) is 48.0 Å². The first-order valence-electron chi connectivity index (χ1n) is 7.46. The molecule has 2 aromatic rings. The zero-order chi connectivity index (χ0) is 14.4. The Bertz CT molecular complexity index is 691. The summed E-state index contributed by atoms with van der Waals surface area (Å²) < 4.78 is 14.3. The van der Waals surface area contributed by atoms with Gasteiger partial charge in [-0.05, 0) is 37.1 Å². The molecule has 0 amide bonds. The smallest absolute Gasteiger partial charge is 0.218 e. The van der Waals surface area contributed by atoms with Gasteiger partial charge in [0, 0.05) is 35.7 Å². The second-order valence-corrected chi connectivity index (χ2v) is 5.83. The summed E-state index contributed by atoms with van der Waals surface area (Å²) in [4.78, 5) is 6.24. The lowest BCUT2D eigenvalue weighted by Crippen LogP contribution is -2.52. The number of anilines is 1. The fraction of sp³-hybridized carbons (Fsp3) is 0.438. The maximum Gasteiger partial charge on any atom is 0.218 e. The Morgan fingerprint density at radius 3 is 3.14 bits per heavy atom. The first kappa shape index (κ1) is 12.8. The Hall–Kier alpha value is -1.88. The number of hydrogen-bond donors (Lipinski definition) is 2. The molecule has 0 aliphatic carbocycles. The van der Waals surface area contributed by atoms with Crippen molar-refractivity contribution in [3.8, 4) is 5.88 Å². The number of halogens is 1. The van der Waals surface area contributed by atoms with Crippen molar-refractivity contribution in [2.45, 2.75) is 25.1 Å². The van der Waals surface area contributed by atoms with E-state index in [2.05, 4.69) is 15.2 Å². The zero-order valence-corrected chi connectivity index (χ0v) is 11.7. The Kier molecular flexibility index (Phi) is 2.96. The number of nitrogens with one attached hydrogen (secondary N) is 1. The highest BCUT2D eigenvalue weighted by Gasteiger charge is 2.33. The van der Waals surface area contributed by atoms with Crippen molar-refractivity contribution in [2.24, 2.45) is 0 Å². The van der Waals surface area contributed by atoms with E-state index in [-0.39, 0.29) is 11.9 Å². The van der Waals surface area contributed by atoms with Crippen LogP contribution in [0.25, 0.3) is 10.8 Å². The van der Waals surface area contributed by atoms with Gasteiger partial charge in [-0.15, -0.1) is 0 Å². The van der Waals surface area contributed by atoms with Crippen molar-refractivity contribution in [1.29, 1.82) is 0 Å². The van der Waals surface area contributed by atoms with Crippen molar-refractivity contribution in [1.82, 2.24) is 10.3 Å². The van der Waals surface area contributed by atoms with E-state index in [1.807, 2.05) is 18.2 Å². The molecule has 2 atom stereocenters. The summed E-state index contributed by atoms with van der Waals surface area (Å²) in [6, 6.07) is 5.73. The summed E-state index contributed by atoms with van der Waals surface area (Å²) in [7, 11) is 0.